The highest BCUT2D eigenvalue weighted by molar-refractivity contribution is 5.90. The van der Waals surface area contributed by atoms with Crippen molar-refractivity contribution in [3.8, 4) is 0 Å². The normalized spacial score (nSPS) is 49.4. The van der Waals surface area contributed by atoms with E-state index in [-0.39, 0.29) is 17.1 Å². The van der Waals surface area contributed by atoms with Crippen LogP contribution < -0.4 is 0 Å². The van der Waals surface area contributed by atoms with Gasteiger partial charge in [0.15, 0.2) is 0 Å². The van der Waals surface area contributed by atoms with Crippen molar-refractivity contribution in [1.29, 1.82) is 0 Å². The highest BCUT2D eigenvalue weighted by atomic mass is 16.3. The van der Waals surface area contributed by atoms with E-state index in [1.165, 1.54) is 6.08 Å². The van der Waals surface area contributed by atoms with Gasteiger partial charge in [-0.15, -0.1) is 6.58 Å². The van der Waals surface area contributed by atoms with E-state index in [1.54, 1.807) is 19.9 Å². The molecule has 2 aliphatic rings. The van der Waals surface area contributed by atoms with Crippen molar-refractivity contribution in [1.82, 2.24) is 0 Å². The van der Waals surface area contributed by atoms with Crippen molar-refractivity contribution in [3.05, 3.63) is 24.3 Å². The summed E-state index contributed by atoms with van der Waals surface area (Å²) in [7, 11) is 0. The largest absolute Gasteiger partial charge is 0.385 e. The first kappa shape index (κ1) is 13.2. The third-order valence-corrected chi connectivity index (χ3v) is 5.38. The van der Waals surface area contributed by atoms with Gasteiger partial charge < -0.3 is 5.11 Å². The molecule has 2 rings (SSSR count). The fraction of sp³-hybridized carbons (Fsp3) is 0.600. The van der Waals surface area contributed by atoms with Crippen molar-refractivity contribution in [2.45, 2.75) is 39.2 Å². The summed E-state index contributed by atoms with van der Waals surface area (Å²) in [6.45, 7) is 9.29. The van der Waals surface area contributed by atoms with Crippen molar-refractivity contribution in [2.24, 2.45) is 16.7 Å². The average molecular weight is 248 g/mol. The molecule has 0 aromatic heterocycles. The summed E-state index contributed by atoms with van der Waals surface area (Å²) in [6.07, 6.45) is 5.00. The van der Waals surface area contributed by atoms with E-state index >= 15 is 0 Å². The Kier molecular flexibility index (Phi) is 2.67. The van der Waals surface area contributed by atoms with Crippen molar-refractivity contribution in [3.63, 3.8) is 0 Å². The topological polar surface area (TPSA) is 54.4 Å². The molecule has 0 aliphatic heterocycles. The number of fused-ring (bicyclic) bond motifs is 2. The van der Waals surface area contributed by atoms with Gasteiger partial charge in [-0.05, 0) is 37.3 Å². The summed E-state index contributed by atoms with van der Waals surface area (Å²) >= 11 is 0. The van der Waals surface area contributed by atoms with Gasteiger partial charge in [-0.3, -0.25) is 9.59 Å². The molecule has 3 heteroatoms. The zero-order valence-electron chi connectivity index (χ0n) is 11.2. The van der Waals surface area contributed by atoms with Gasteiger partial charge in [0.1, 0.15) is 12.1 Å². The fourth-order valence-corrected chi connectivity index (χ4v) is 4.23. The lowest BCUT2D eigenvalue weighted by molar-refractivity contribution is -0.144. The van der Waals surface area contributed by atoms with Gasteiger partial charge in [-0.1, -0.05) is 13.0 Å². The molecule has 0 aromatic carbocycles. The lowest BCUT2D eigenvalue weighted by Gasteiger charge is -2.43. The van der Waals surface area contributed by atoms with Gasteiger partial charge in [0.05, 0.1) is 11.0 Å². The predicted octanol–water partition coefficient (Wildman–Crippen LogP) is 2.05. The first-order valence-corrected chi connectivity index (χ1v) is 6.31. The number of aliphatic hydroxyl groups is 1. The Labute approximate surface area is 108 Å². The van der Waals surface area contributed by atoms with E-state index in [9.17, 15) is 14.7 Å². The number of carbonyl (C=O) groups excluding carboxylic acids is 2. The lowest BCUT2D eigenvalue weighted by Crippen LogP contribution is -2.50. The maximum absolute atomic E-state index is 12.3. The molecule has 2 saturated carbocycles. The molecule has 18 heavy (non-hydrogen) atoms. The molecule has 4 atom stereocenters. The lowest BCUT2D eigenvalue weighted by atomic mass is 9.59. The van der Waals surface area contributed by atoms with Crippen LogP contribution in [0.4, 0.5) is 0 Å². The Bertz CT molecular complexity index is 454. The maximum Gasteiger partial charge on any atom is 0.142 e. The summed E-state index contributed by atoms with van der Waals surface area (Å²) in [5.41, 5.74) is -1.84. The van der Waals surface area contributed by atoms with Gasteiger partial charge in [-0.2, -0.15) is 0 Å². The first-order chi connectivity index (χ1) is 8.26. The van der Waals surface area contributed by atoms with Gasteiger partial charge in [0, 0.05) is 12.3 Å². The molecule has 3 nitrogen and oxygen atoms in total. The van der Waals surface area contributed by atoms with Crippen LogP contribution in [0.3, 0.4) is 0 Å². The molecule has 0 heterocycles. The number of hydrogen-bond donors (Lipinski definition) is 1. The van der Waals surface area contributed by atoms with Gasteiger partial charge in [0.2, 0.25) is 0 Å². The summed E-state index contributed by atoms with van der Waals surface area (Å²) in [5, 5.41) is 10.9. The Balaban J connectivity index is 2.77. The van der Waals surface area contributed by atoms with Crippen LogP contribution in [0.2, 0.25) is 0 Å². The Morgan fingerprint density at radius 1 is 1.39 bits per heavy atom. The zero-order valence-corrected chi connectivity index (χ0v) is 11.2. The average Bonchev–Trinajstić information content (AvgIpc) is 2.39. The van der Waals surface area contributed by atoms with Crippen LogP contribution in [-0.4, -0.2) is 22.8 Å². The van der Waals surface area contributed by atoms with Crippen LogP contribution in [0.25, 0.3) is 0 Å². The standard InChI is InChI=1S/C15H20O3/c1-5-10-13(2)8-6-12(17)14(10,3)15(4,18)11(13)7-9-16/h5,7,9-10,18H,1,6,8H2,2-4H3/b11-7-/t10-,13+,14+,15-/m0/s1. The van der Waals surface area contributed by atoms with Crippen LogP contribution in [-0.2, 0) is 9.59 Å². The van der Waals surface area contributed by atoms with Crippen molar-refractivity contribution < 1.29 is 14.7 Å². The minimum absolute atomic E-state index is 0.0594. The second kappa shape index (κ2) is 3.64. The van der Waals surface area contributed by atoms with Gasteiger partial charge in [-0.25, -0.2) is 0 Å². The monoisotopic (exact) mass is 248 g/mol. The summed E-state index contributed by atoms with van der Waals surface area (Å²) in [6, 6.07) is 0. The number of carbonyl (C=O) groups is 2. The second-order valence-electron chi connectivity index (χ2n) is 6.05. The first-order valence-electron chi connectivity index (χ1n) is 6.31. The molecule has 2 aliphatic carbocycles. The summed E-state index contributed by atoms with van der Waals surface area (Å²) < 4.78 is 0. The third kappa shape index (κ3) is 1.18. The molecular weight excluding hydrogens is 228 g/mol. The van der Waals surface area contributed by atoms with E-state index < -0.39 is 11.0 Å². The van der Waals surface area contributed by atoms with E-state index in [4.69, 9.17) is 0 Å². The number of rotatable bonds is 2. The van der Waals surface area contributed by atoms with Crippen LogP contribution in [0.5, 0.6) is 0 Å². The number of hydrogen-bond acceptors (Lipinski definition) is 3. The molecule has 0 unspecified atom stereocenters. The second-order valence-corrected chi connectivity index (χ2v) is 6.05. The molecule has 98 valence electrons. The van der Waals surface area contributed by atoms with Gasteiger partial charge in [0.25, 0.3) is 0 Å². The maximum atomic E-state index is 12.3. The molecule has 0 spiro atoms. The van der Waals surface area contributed by atoms with Crippen LogP contribution in [0.1, 0.15) is 33.6 Å². The Hall–Kier alpha value is -1.22. The van der Waals surface area contributed by atoms with Crippen molar-refractivity contribution >= 4 is 12.1 Å². The summed E-state index contributed by atoms with van der Waals surface area (Å²) in [4.78, 5) is 23.2. The highest BCUT2D eigenvalue weighted by Crippen LogP contribution is 2.67. The molecular formula is C15H20O3. The van der Waals surface area contributed by atoms with E-state index in [2.05, 4.69) is 6.58 Å². The molecule has 0 saturated heterocycles. The minimum atomic E-state index is -1.28. The molecule has 2 fully saturated rings. The smallest absolute Gasteiger partial charge is 0.142 e. The fourth-order valence-electron chi connectivity index (χ4n) is 4.23. The number of Topliss-reactive ketones (excluding diaryl/α,β-unsaturated/α-hetero) is 1. The van der Waals surface area contributed by atoms with Crippen molar-refractivity contribution in [2.75, 3.05) is 0 Å². The van der Waals surface area contributed by atoms with E-state index in [0.717, 1.165) is 0 Å². The van der Waals surface area contributed by atoms with Crippen LogP contribution in [0.15, 0.2) is 24.3 Å². The van der Waals surface area contributed by atoms with Crippen LogP contribution >= 0.6 is 0 Å². The Morgan fingerprint density at radius 3 is 2.44 bits per heavy atom. The number of aldehydes is 1. The molecule has 0 radical (unpaired) electrons. The quantitative estimate of drug-likeness (QED) is 0.462. The van der Waals surface area contributed by atoms with E-state index in [1.807, 2.05) is 6.92 Å². The number of ketones is 1. The Morgan fingerprint density at radius 2 is 2.00 bits per heavy atom. The SMILES string of the molecule is C=C[C@H]1[C@@]2(C)CCC(=O)[C@]1(C)[C@@](C)(O)/C2=C\C=O. The molecule has 0 aromatic rings. The van der Waals surface area contributed by atoms with Crippen LogP contribution in [0, 0.1) is 16.7 Å². The predicted molar refractivity (Wildman–Crippen MR) is 68.9 cm³/mol. The third-order valence-electron chi connectivity index (χ3n) is 5.38. The number of allylic oxidation sites excluding steroid dienone is 2. The minimum Gasteiger partial charge on any atom is -0.385 e. The molecule has 1 N–H and O–H groups in total. The van der Waals surface area contributed by atoms with E-state index in [0.29, 0.717) is 24.7 Å². The molecule has 0 amide bonds. The summed E-state index contributed by atoms with van der Waals surface area (Å²) in [5.74, 6) is -0.0726. The van der Waals surface area contributed by atoms with Gasteiger partial charge >= 0.3 is 0 Å². The highest BCUT2D eigenvalue weighted by Gasteiger charge is 2.70. The zero-order chi connectivity index (χ0) is 13.8. The molecule has 2 bridgehead atoms.